The number of primary amides is 1. The number of fused-ring (bicyclic) bond motifs is 2. The number of carbonyl (C=O) groups excluding carboxylic acids is 2. The smallest absolute Gasteiger partial charge is 0.268 e. The van der Waals surface area contributed by atoms with E-state index in [1.807, 2.05) is 0 Å². The molecular formula is C38H48F2N4O4. The summed E-state index contributed by atoms with van der Waals surface area (Å²) in [5, 5.41) is 3.10. The number of carbonyl (C=O) groups is 2. The predicted octanol–water partition coefficient (Wildman–Crippen LogP) is 6.95. The zero-order valence-corrected chi connectivity index (χ0v) is 27.9. The Balaban J connectivity index is 1.44. The molecule has 3 saturated carbocycles. The van der Waals surface area contributed by atoms with E-state index in [4.69, 9.17) is 15.2 Å². The van der Waals surface area contributed by atoms with E-state index in [2.05, 4.69) is 22.0 Å². The van der Waals surface area contributed by atoms with E-state index in [1.54, 1.807) is 18.2 Å². The molecule has 3 fully saturated rings. The molecule has 0 saturated heterocycles. The van der Waals surface area contributed by atoms with Gasteiger partial charge in [-0.25, -0.2) is 8.78 Å². The highest BCUT2D eigenvalue weighted by Gasteiger charge is 2.61. The highest BCUT2D eigenvalue weighted by atomic mass is 19.1. The van der Waals surface area contributed by atoms with Gasteiger partial charge in [0, 0.05) is 47.8 Å². The second-order valence-electron chi connectivity index (χ2n) is 14.3. The molecule has 2 aromatic rings. The van der Waals surface area contributed by atoms with Crippen LogP contribution in [0.2, 0.25) is 0 Å². The van der Waals surface area contributed by atoms with E-state index in [-0.39, 0.29) is 48.2 Å². The third kappa shape index (κ3) is 5.78. The molecule has 1 unspecified atom stereocenters. The second-order valence-corrected chi connectivity index (χ2v) is 14.3. The Labute approximate surface area is 282 Å². The van der Waals surface area contributed by atoms with Gasteiger partial charge in [-0.1, -0.05) is 45.4 Å². The number of nitrogens with one attached hydrogen (secondary N) is 1. The highest BCUT2D eigenvalue weighted by Crippen LogP contribution is 2.50. The molecule has 5 aliphatic rings. The number of anilines is 1. The largest absolute Gasteiger partial charge is 0.486 e. The van der Waals surface area contributed by atoms with Crippen molar-refractivity contribution >= 4 is 23.6 Å². The second kappa shape index (κ2) is 13.8. The van der Waals surface area contributed by atoms with E-state index in [0.717, 1.165) is 77.0 Å². The SMILES string of the molecule is CCCN(C1CCCCC1)C1(N(C2CCCC2)C2CCC2)Cc2c(C(N)=O)ccc(F)c2O[C@H]1C(=O)Nc1ccc(F)c2c1C=CCO2. The van der Waals surface area contributed by atoms with Crippen LogP contribution in [0.5, 0.6) is 11.5 Å². The molecule has 2 aromatic carbocycles. The number of nitrogens with zero attached hydrogens (tertiary/aromatic N) is 2. The Hall–Kier alpha value is -3.50. The first-order chi connectivity index (χ1) is 23.3. The van der Waals surface area contributed by atoms with Gasteiger partial charge in [0.15, 0.2) is 23.1 Å². The van der Waals surface area contributed by atoms with Gasteiger partial charge >= 0.3 is 0 Å². The lowest BCUT2D eigenvalue weighted by Gasteiger charge is -2.62. The van der Waals surface area contributed by atoms with Crippen molar-refractivity contribution in [2.45, 2.75) is 127 Å². The molecule has 3 aliphatic carbocycles. The highest BCUT2D eigenvalue weighted by molar-refractivity contribution is 5.99. The Morgan fingerprint density at radius 2 is 1.54 bits per heavy atom. The molecule has 8 nitrogen and oxygen atoms in total. The fourth-order valence-corrected chi connectivity index (χ4v) is 9.18. The van der Waals surface area contributed by atoms with Gasteiger partial charge in [0.05, 0.1) is 5.69 Å². The van der Waals surface area contributed by atoms with Crippen LogP contribution in [0.3, 0.4) is 0 Å². The van der Waals surface area contributed by atoms with Crippen LogP contribution < -0.4 is 20.5 Å². The van der Waals surface area contributed by atoms with Crippen molar-refractivity contribution in [1.29, 1.82) is 0 Å². The number of amides is 2. The van der Waals surface area contributed by atoms with Gasteiger partial charge in [-0.2, -0.15) is 0 Å². The van der Waals surface area contributed by atoms with E-state index in [0.29, 0.717) is 23.4 Å². The number of hydrogen-bond acceptors (Lipinski definition) is 6. The molecule has 3 N–H and O–H groups in total. The van der Waals surface area contributed by atoms with Gasteiger partial charge in [0.2, 0.25) is 12.0 Å². The summed E-state index contributed by atoms with van der Waals surface area (Å²) in [5.41, 5.74) is 6.43. The molecule has 0 spiro atoms. The van der Waals surface area contributed by atoms with Crippen LogP contribution >= 0.6 is 0 Å². The summed E-state index contributed by atoms with van der Waals surface area (Å²) in [6, 6.07) is 6.10. The first-order valence-corrected chi connectivity index (χ1v) is 18.1. The van der Waals surface area contributed by atoms with Crippen LogP contribution in [0.4, 0.5) is 14.5 Å². The summed E-state index contributed by atoms with van der Waals surface area (Å²) in [4.78, 5) is 33.1. The summed E-state index contributed by atoms with van der Waals surface area (Å²) in [7, 11) is 0. The Morgan fingerprint density at radius 3 is 2.21 bits per heavy atom. The first kappa shape index (κ1) is 33.0. The van der Waals surface area contributed by atoms with Crippen LogP contribution in [0.15, 0.2) is 30.3 Å². The van der Waals surface area contributed by atoms with E-state index >= 15 is 9.18 Å². The van der Waals surface area contributed by atoms with Gasteiger partial charge in [-0.15, -0.1) is 0 Å². The van der Waals surface area contributed by atoms with Crippen molar-refractivity contribution in [3.05, 3.63) is 58.7 Å². The van der Waals surface area contributed by atoms with Crippen LogP contribution in [-0.4, -0.2) is 64.7 Å². The monoisotopic (exact) mass is 662 g/mol. The molecule has 258 valence electrons. The maximum Gasteiger partial charge on any atom is 0.268 e. The summed E-state index contributed by atoms with van der Waals surface area (Å²) < 4.78 is 43.0. The van der Waals surface area contributed by atoms with Crippen molar-refractivity contribution in [2.75, 3.05) is 18.5 Å². The van der Waals surface area contributed by atoms with Crippen LogP contribution in [0.1, 0.15) is 112 Å². The number of hydrogen-bond donors (Lipinski definition) is 2. The average Bonchev–Trinajstić information content (AvgIpc) is 3.61. The number of halogens is 2. The van der Waals surface area contributed by atoms with Crippen molar-refractivity contribution in [2.24, 2.45) is 5.73 Å². The third-order valence-corrected chi connectivity index (χ3v) is 11.4. The summed E-state index contributed by atoms with van der Waals surface area (Å²) in [6.45, 7) is 3.11. The lowest BCUT2D eigenvalue weighted by atomic mass is 9.77. The number of ether oxygens (including phenoxy) is 2. The van der Waals surface area contributed by atoms with E-state index in [1.165, 1.54) is 24.6 Å². The Morgan fingerprint density at radius 1 is 0.896 bits per heavy atom. The zero-order chi connectivity index (χ0) is 33.4. The van der Waals surface area contributed by atoms with Crippen molar-refractivity contribution < 1.29 is 27.8 Å². The van der Waals surface area contributed by atoms with Crippen LogP contribution in [0, 0.1) is 11.6 Å². The maximum atomic E-state index is 15.8. The van der Waals surface area contributed by atoms with Crippen LogP contribution in [-0.2, 0) is 11.2 Å². The number of rotatable bonds is 10. The van der Waals surface area contributed by atoms with Gasteiger partial charge in [0.25, 0.3) is 5.91 Å². The van der Waals surface area contributed by atoms with E-state index < -0.39 is 35.2 Å². The molecule has 10 heteroatoms. The molecule has 0 bridgehead atoms. The van der Waals surface area contributed by atoms with Crippen molar-refractivity contribution in [1.82, 2.24) is 9.80 Å². The van der Waals surface area contributed by atoms with Gasteiger partial charge < -0.3 is 20.5 Å². The minimum atomic E-state index is -1.16. The van der Waals surface area contributed by atoms with Crippen LogP contribution in [0.25, 0.3) is 6.08 Å². The van der Waals surface area contributed by atoms with Gasteiger partial charge in [0.1, 0.15) is 12.3 Å². The third-order valence-electron chi connectivity index (χ3n) is 11.4. The fraction of sp³-hybridized carbons (Fsp3) is 0.579. The fourth-order valence-electron chi connectivity index (χ4n) is 9.18. The minimum Gasteiger partial charge on any atom is -0.486 e. The van der Waals surface area contributed by atoms with Crippen molar-refractivity contribution in [3.63, 3.8) is 0 Å². The Bertz CT molecular complexity index is 1570. The normalized spacial score (nSPS) is 24.5. The lowest BCUT2D eigenvalue weighted by Crippen LogP contribution is -2.78. The Kier molecular flexibility index (Phi) is 9.48. The van der Waals surface area contributed by atoms with Crippen molar-refractivity contribution in [3.8, 4) is 11.5 Å². The first-order valence-electron chi connectivity index (χ1n) is 18.1. The molecule has 0 aromatic heterocycles. The quantitative estimate of drug-likeness (QED) is 0.268. The summed E-state index contributed by atoms with van der Waals surface area (Å²) in [5.74, 6) is -2.22. The van der Waals surface area contributed by atoms with Gasteiger partial charge in [-0.3, -0.25) is 19.4 Å². The number of benzene rings is 2. The molecule has 2 amide bonds. The summed E-state index contributed by atoms with van der Waals surface area (Å²) in [6.07, 6.45) is 16.1. The van der Waals surface area contributed by atoms with E-state index in [9.17, 15) is 9.18 Å². The maximum absolute atomic E-state index is 15.8. The molecule has 48 heavy (non-hydrogen) atoms. The predicted molar refractivity (Wildman–Crippen MR) is 181 cm³/mol. The molecule has 2 atom stereocenters. The average molecular weight is 663 g/mol. The molecule has 2 aliphatic heterocycles. The summed E-state index contributed by atoms with van der Waals surface area (Å²) >= 11 is 0. The molecular weight excluding hydrogens is 614 g/mol. The lowest BCUT2D eigenvalue weighted by molar-refractivity contribution is -0.194. The number of nitrogens with two attached hydrogens (primary N) is 1. The standard InChI is InChI=1S/C38H48F2N4O4/c1-2-21-43(24-10-4-3-5-11-24)38(44(26-14-8-15-26)25-12-6-7-13-25)23-29-27(36(41)45)17-18-31(40)34(29)48-35(38)37(46)42-32-20-19-30(39)33-28(32)16-9-22-47-33/h9,16-20,24-26,35H,2-8,10-15,21-23H2,1H3,(H2,41,45)(H,42,46)/t35-,38?/m0/s1. The topological polar surface area (TPSA) is 97.1 Å². The van der Waals surface area contributed by atoms with Gasteiger partial charge in [-0.05, 0) is 81.4 Å². The zero-order valence-electron chi connectivity index (χ0n) is 27.9. The molecule has 7 rings (SSSR count). The molecule has 2 heterocycles. The molecule has 0 radical (unpaired) electrons. The minimum absolute atomic E-state index is 0.0884.